The van der Waals surface area contributed by atoms with Crippen LogP contribution in [0.5, 0.6) is 0 Å². The Hall–Kier alpha value is -1.91. The van der Waals surface area contributed by atoms with Crippen LogP contribution >= 0.6 is 11.8 Å². The van der Waals surface area contributed by atoms with Gasteiger partial charge >= 0.3 is 0 Å². The van der Waals surface area contributed by atoms with Crippen molar-refractivity contribution >= 4 is 27.7 Å². The van der Waals surface area contributed by atoms with Gasteiger partial charge in [0.05, 0.1) is 10.8 Å². The van der Waals surface area contributed by atoms with Crippen LogP contribution in [0, 0.1) is 26.7 Å². The van der Waals surface area contributed by atoms with E-state index in [-0.39, 0.29) is 18.4 Å². The summed E-state index contributed by atoms with van der Waals surface area (Å²) in [6, 6.07) is 5.43. The molecule has 3 rings (SSSR count). The molecule has 2 aromatic rings. The number of benzene rings is 1. The van der Waals surface area contributed by atoms with Crippen molar-refractivity contribution in [2.75, 3.05) is 25.4 Å². The lowest BCUT2D eigenvalue weighted by Gasteiger charge is -2.31. The van der Waals surface area contributed by atoms with Crippen molar-refractivity contribution in [1.82, 2.24) is 24.8 Å². The van der Waals surface area contributed by atoms with Crippen LogP contribution in [0.1, 0.15) is 29.8 Å². The summed E-state index contributed by atoms with van der Waals surface area (Å²) in [6.07, 6.45) is 1.37. The number of piperidine rings is 1. The first-order chi connectivity index (χ1) is 13.8. The van der Waals surface area contributed by atoms with Crippen molar-refractivity contribution < 1.29 is 13.2 Å². The van der Waals surface area contributed by atoms with Crippen molar-refractivity contribution in [3.05, 3.63) is 35.2 Å². The van der Waals surface area contributed by atoms with E-state index in [1.54, 1.807) is 13.0 Å². The molecule has 2 N–H and O–H groups in total. The Kier molecular flexibility index (Phi) is 6.97. The van der Waals surface area contributed by atoms with E-state index >= 15 is 0 Å². The third kappa shape index (κ3) is 5.37. The molecular formula is C19H27N5O3S2. The molecule has 1 aliphatic heterocycles. The van der Waals surface area contributed by atoms with Gasteiger partial charge in [-0.2, -0.15) is 4.31 Å². The van der Waals surface area contributed by atoms with Gasteiger partial charge < -0.3 is 5.32 Å². The highest BCUT2D eigenvalue weighted by molar-refractivity contribution is 7.99. The number of nitrogens with zero attached hydrogens (tertiary/aromatic N) is 3. The molecule has 29 heavy (non-hydrogen) atoms. The van der Waals surface area contributed by atoms with E-state index in [2.05, 4.69) is 20.5 Å². The van der Waals surface area contributed by atoms with E-state index in [9.17, 15) is 13.2 Å². The molecule has 0 radical (unpaired) electrons. The van der Waals surface area contributed by atoms with Crippen LogP contribution in [0.2, 0.25) is 0 Å². The van der Waals surface area contributed by atoms with Crippen molar-refractivity contribution in [3.63, 3.8) is 0 Å². The van der Waals surface area contributed by atoms with Crippen LogP contribution < -0.4 is 5.32 Å². The highest BCUT2D eigenvalue weighted by Gasteiger charge is 2.33. The third-order valence-electron chi connectivity index (χ3n) is 4.93. The predicted octanol–water partition coefficient (Wildman–Crippen LogP) is 2.04. The van der Waals surface area contributed by atoms with Gasteiger partial charge in [-0.15, -0.1) is 5.10 Å². The number of aryl methyl sites for hydroxylation is 3. The lowest BCUT2D eigenvalue weighted by molar-refractivity contribution is -0.125. The van der Waals surface area contributed by atoms with Gasteiger partial charge in [-0.25, -0.2) is 13.4 Å². The summed E-state index contributed by atoms with van der Waals surface area (Å²) in [6.45, 7) is 6.65. The molecule has 0 spiro atoms. The normalized spacial score (nSPS) is 18.0. The number of sulfonamides is 1. The number of hydrogen-bond acceptors (Lipinski definition) is 6. The molecular weight excluding hydrogens is 410 g/mol. The minimum atomic E-state index is -3.61. The first-order valence-corrected chi connectivity index (χ1v) is 12.1. The monoisotopic (exact) mass is 437 g/mol. The summed E-state index contributed by atoms with van der Waals surface area (Å²) >= 11 is 1.46. The second kappa shape index (κ2) is 9.27. The molecule has 0 bridgehead atoms. The highest BCUT2D eigenvalue weighted by Crippen LogP contribution is 2.26. The van der Waals surface area contributed by atoms with E-state index < -0.39 is 10.0 Å². The van der Waals surface area contributed by atoms with Crippen LogP contribution in [0.25, 0.3) is 0 Å². The predicted molar refractivity (Wildman–Crippen MR) is 112 cm³/mol. The van der Waals surface area contributed by atoms with Crippen LogP contribution in [0.15, 0.2) is 28.3 Å². The van der Waals surface area contributed by atoms with Crippen LogP contribution in [0.4, 0.5) is 0 Å². The minimum absolute atomic E-state index is 0.0994. The Bertz CT molecular complexity index is 974. The molecule has 1 aliphatic rings. The van der Waals surface area contributed by atoms with Gasteiger partial charge in [0.15, 0.2) is 0 Å². The molecule has 1 aromatic carbocycles. The number of rotatable bonds is 7. The highest BCUT2D eigenvalue weighted by atomic mass is 32.2. The summed E-state index contributed by atoms with van der Waals surface area (Å²) in [7, 11) is -3.61. The van der Waals surface area contributed by atoms with Crippen LogP contribution in [0.3, 0.4) is 0 Å². The third-order valence-corrected chi connectivity index (χ3v) is 7.78. The maximum absolute atomic E-state index is 13.1. The molecule has 0 aliphatic carbocycles. The smallest absolute Gasteiger partial charge is 0.243 e. The lowest BCUT2D eigenvalue weighted by Crippen LogP contribution is -2.45. The lowest BCUT2D eigenvalue weighted by atomic mass is 9.99. The Morgan fingerprint density at radius 3 is 2.86 bits per heavy atom. The number of H-pyrrole nitrogens is 1. The van der Waals surface area contributed by atoms with E-state index in [1.165, 1.54) is 16.1 Å². The average molecular weight is 438 g/mol. The molecule has 1 saturated heterocycles. The second-order valence-electron chi connectivity index (χ2n) is 7.31. The number of amides is 1. The van der Waals surface area contributed by atoms with E-state index in [0.717, 1.165) is 17.0 Å². The summed E-state index contributed by atoms with van der Waals surface area (Å²) in [4.78, 5) is 17.1. The Balaban J connectivity index is 1.56. The summed E-state index contributed by atoms with van der Waals surface area (Å²) in [5.41, 5.74) is 1.63. The van der Waals surface area contributed by atoms with Gasteiger partial charge in [-0.1, -0.05) is 23.9 Å². The average Bonchev–Trinajstić information content (AvgIpc) is 3.12. The quantitative estimate of drug-likeness (QED) is 0.507. The van der Waals surface area contributed by atoms with Crippen molar-refractivity contribution in [1.29, 1.82) is 0 Å². The number of hydrogen-bond donors (Lipinski definition) is 2. The zero-order valence-electron chi connectivity index (χ0n) is 16.9. The fourth-order valence-corrected chi connectivity index (χ4v) is 5.88. The first kappa shape index (κ1) is 21.8. The molecule has 2 heterocycles. The fourth-order valence-electron chi connectivity index (χ4n) is 3.35. The molecule has 1 aromatic heterocycles. The number of aromatic nitrogens is 3. The Morgan fingerprint density at radius 2 is 2.14 bits per heavy atom. The minimum Gasteiger partial charge on any atom is -0.355 e. The van der Waals surface area contributed by atoms with Crippen LogP contribution in [-0.2, 0) is 14.8 Å². The largest absolute Gasteiger partial charge is 0.355 e. The van der Waals surface area contributed by atoms with Gasteiger partial charge in [0.1, 0.15) is 5.82 Å². The molecule has 1 fully saturated rings. The molecule has 1 atom stereocenters. The van der Waals surface area contributed by atoms with E-state index in [0.29, 0.717) is 41.7 Å². The summed E-state index contributed by atoms with van der Waals surface area (Å²) < 4.78 is 27.7. The topological polar surface area (TPSA) is 108 Å². The second-order valence-corrected chi connectivity index (χ2v) is 10.3. The molecule has 8 nitrogen and oxygen atoms in total. The van der Waals surface area contributed by atoms with Crippen molar-refractivity contribution in [2.24, 2.45) is 5.92 Å². The van der Waals surface area contributed by atoms with E-state index in [1.807, 2.05) is 26.0 Å². The number of nitrogens with one attached hydrogen (secondary N) is 2. The zero-order chi connectivity index (χ0) is 21.0. The summed E-state index contributed by atoms with van der Waals surface area (Å²) in [5, 5.41) is 10.4. The van der Waals surface area contributed by atoms with Gasteiger partial charge in [0.2, 0.25) is 21.1 Å². The van der Waals surface area contributed by atoms with Gasteiger partial charge in [-0.05, 0) is 50.8 Å². The molecule has 1 amide bonds. The fraction of sp³-hybridized carbons (Fsp3) is 0.526. The summed E-state index contributed by atoms with van der Waals surface area (Å²) in [5.74, 6) is 0.973. The zero-order valence-corrected chi connectivity index (χ0v) is 18.6. The van der Waals surface area contributed by atoms with Gasteiger partial charge in [0, 0.05) is 25.4 Å². The molecule has 10 heteroatoms. The van der Waals surface area contributed by atoms with E-state index in [4.69, 9.17) is 0 Å². The van der Waals surface area contributed by atoms with Crippen LogP contribution in [-0.4, -0.2) is 59.2 Å². The number of carbonyl (C=O) groups excluding carboxylic acids is 1. The van der Waals surface area contributed by atoms with Gasteiger partial charge in [-0.3, -0.25) is 9.89 Å². The Labute approximate surface area is 175 Å². The molecule has 158 valence electrons. The first-order valence-electron chi connectivity index (χ1n) is 9.64. The maximum Gasteiger partial charge on any atom is 0.243 e. The molecule has 0 unspecified atom stereocenters. The molecule has 0 saturated carbocycles. The standard InChI is InChI=1S/C19H27N5O3S2/c1-13-6-7-14(2)17(11-13)29(26,27)24-9-4-5-16(12-24)18(25)20-8-10-28-19-21-15(3)22-23-19/h6-7,11,16H,4-5,8-10,12H2,1-3H3,(H,20,25)(H,21,22,23)/t16-/m0/s1. The van der Waals surface area contributed by atoms with Gasteiger partial charge in [0.25, 0.3) is 0 Å². The maximum atomic E-state index is 13.1. The SMILES string of the molecule is Cc1ccc(C)c(S(=O)(=O)N2CCC[C@H](C(=O)NCCSc3n[nH]c(C)n3)C2)c1. The number of carbonyl (C=O) groups is 1. The van der Waals surface area contributed by atoms with Crippen molar-refractivity contribution in [2.45, 2.75) is 43.7 Å². The number of aromatic amines is 1. The number of thioether (sulfide) groups is 1. The Morgan fingerprint density at radius 1 is 1.34 bits per heavy atom. The van der Waals surface area contributed by atoms with Crippen molar-refractivity contribution in [3.8, 4) is 0 Å².